The Kier molecular flexibility index (Phi) is 10.4. The Morgan fingerprint density at radius 3 is 2.70 bits per heavy atom. The summed E-state index contributed by atoms with van der Waals surface area (Å²) in [6.07, 6.45) is 11.4. The molecule has 2 saturated heterocycles. The number of likely N-dealkylation sites (N-methyl/N-ethyl adjacent to an activating group) is 1. The SMILES string of the molecule is C[C@H](Oc1cc(/N=C/C=C(N)/C(N)=C/N(N)[C@H]2CCOC2)nc(/C(N)=C2\CCC[C@@]3(CCCc4sc(N)c(C#N)c43)C2=O)n1)[C@@H]1CCCN1C. The lowest BCUT2D eigenvalue weighted by molar-refractivity contribution is -0.122. The van der Waals surface area contributed by atoms with Gasteiger partial charge in [0.25, 0.3) is 0 Å². The summed E-state index contributed by atoms with van der Waals surface area (Å²) in [4.78, 5) is 31.7. The van der Waals surface area contributed by atoms with Gasteiger partial charge in [-0.1, -0.05) is 0 Å². The molecule has 2 aromatic heterocycles. The molecule has 1 saturated carbocycles. The Labute approximate surface area is 296 Å². The molecular weight excluding hydrogens is 655 g/mol. The first kappa shape index (κ1) is 35.3. The first-order valence-electron chi connectivity index (χ1n) is 17.2. The second-order valence-corrected chi connectivity index (χ2v) is 14.7. The van der Waals surface area contributed by atoms with Crippen molar-refractivity contribution in [3.8, 4) is 11.9 Å². The van der Waals surface area contributed by atoms with Crippen LogP contribution in [0.15, 0.2) is 40.3 Å². The first-order valence-corrected chi connectivity index (χ1v) is 18.0. The zero-order valence-electron chi connectivity index (χ0n) is 28.7. The normalized spacial score (nSPS) is 26.3. The topological polar surface area (TPSA) is 234 Å². The second kappa shape index (κ2) is 14.8. The van der Waals surface area contributed by atoms with Crippen molar-refractivity contribution < 1.29 is 14.3 Å². The molecule has 3 fully saturated rings. The van der Waals surface area contributed by atoms with E-state index in [-0.39, 0.29) is 52.7 Å². The van der Waals surface area contributed by atoms with Gasteiger partial charge in [-0.3, -0.25) is 9.69 Å². The van der Waals surface area contributed by atoms with Crippen LogP contribution >= 0.6 is 11.3 Å². The minimum atomic E-state index is -0.846. The van der Waals surface area contributed by atoms with Gasteiger partial charge in [-0.15, -0.1) is 11.3 Å². The lowest BCUT2D eigenvalue weighted by Gasteiger charge is -2.40. The van der Waals surface area contributed by atoms with Crippen LogP contribution in [0.25, 0.3) is 5.70 Å². The number of anilines is 1. The fourth-order valence-corrected chi connectivity index (χ4v) is 8.93. The highest BCUT2D eigenvalue weighted by atomic mass is 32.1. The fraction of sp³-hybridized carbons (Fsp3) is 0.514. The van der Waals surface area contributed by atoms with Crippen molar-refractivity contribution in [2.45, 2.75) is 88.3 Å². The maximum Gasteiger partial charge on any atom is 0.219 e. The van der Waals surface area contributed by atoms with Gasteiger partial charge < -0.3 is 37.4 Å². The average Bonchev–Trinajstić information content (AvgIpc) is 3.86. The van der Waals surface area contributed by atoms with Gasteiger partial charge in [0.1, 0.15) is 17.2 Å². The highest BCUT2D eigenvalue weighted by Gasteiger charge is 2.49. The quantitative estimate of drug-likeness (QED) is 0.0833. The molecule has 4 aliphatic rings. The van der Waals surface area contributed by atoms with Gasteiger partial charge >= 0.3 is 0 Å². The van der Waals surface area contributed by atoms with Crippen molar-refractivity contribution >= 4 is 39.9 Å². The van der Waals surface area contributed by atoms with Gasteiger partial charge in [0, 0.05) is 41.6 Å². The van der Waals surface area contributed by atoms with Crippen molar-refractivity contribution in [1.82, 2.24) is 19.9 Å². The molecule has 15 heteroatoms. The number of allylic oxidation sites excluding steroid dienone is 2. The molecule has 6 rings (SSSR count). The number of nitrogen functional groups attached to an aromatic ring is 1. The van der Waals surface area contributed by atoms with Gasteiger partial charge in [-0.05, 0) is 89.9 Å². The number of nitrogens with two attached hydrogens (primary N) is 5. The van der Waals surface area contributed by atoms with E-state index in [2.05, 4.69) is 28.0 Å². The molecule has 0 amide bonds. The van der Waals surface area contributed by atoms with E-state index in [1.165, 1.54) is 22.6 Å². The Morgan fingerprint density at radius 2 is 2.00 bits per heavy atom. The molecule has 0 radical (unpaired) electrons. The monoisotopic (exact) mass is 701 g/mol. The lowest BCUT2D eigenvalue weighted by Crippen LogP contribution is -2.43. The largest absolute Gasteiger partial charge is 0.473 e. The Morgan fingerprint density at radius 1 is 1.22 bits per heavy atom. The predicted octanol–water partition coefficient (Wildman–Crippen LogP) is 2.86. The van der Waals surface area contributed by atoms with Crippen LogP contribution in [0, 0.1) is 11.3 Å². The molecule has 0 bridgehead atoms. The summed E-state index contributed by atoms with van der Waals surface area (Å²) >= 11 is 1.41. The van der Waals surface area contributed by atoms with Crippen LogP contribution in [0.2, 0.25) is 0 Å². The first-order chi connectivity index (χ1) is 24.0. The number of hydrogen-bond donors (Lipinski definition) is 5. The van der Waals surface area contributed by atoms with Crippen molar-refractivity contribution in [2.75, 3.05) is 32.5 Å². The third-order valence-electron chi connectivity index (χ3n) is 10.4. The van der Waals surface area contributed by atoms with Crippen LogP contribution in [0.4, 0.5) is 10.8 Å². The molecular formula is C35H47N11O3S. The number of aryl methyl sites for hydroxylation is 1. The van der Waals surface area contributed by atoms with E-state index in [9.17, 15) is 10.1 Å². The maximum absolute atomic E-state index is 14.5. The molecule has 0 aromatic carbocycles. The lowest BCUT2D eigenvalue weighted by atomic mass is 9.61. The van der Waals surface area contributed by atoms with Crippen LogP contribution in [0.5, 0.6) is 5.88 Å². The summed E-state index contributed by atoms with van der Waals surface area (Å²) in [5, 5.41) is 12.0. The average molecular weight is 702 g/mol. The molecule has 4 heterocycles. The van der Waals surface area contributed by atoms with E-state index in [4.69, 9.17) is 43.2 Å². The molecule has 1 spiro atoms. The molecule has 2 aromatic rings. The number of ketones is 1. The smallest absolute Gasteiger partial charge is 0.219 e. The highest BCUT2D eigenvalue weighted by molar-refractivity contribution is 7.16. The van der Waals surface area contributed by atoms with E-state index < -0.39 is 5.41 Å². The summed E-state index contributed by atoms with van der Waals surface area (Å²) < 4.78 is 11.8. The zero-order chi connectivity index (χ0) is 35.6. The molecule has 0 unspecified atom stereocenters. The number of fused-ring (bicyclic) bond motifs is 2. The number of ether oxygens (including phenoxy) is 2. The summed E-state index contributed by atoms with van der Waals surface area (Å²) in [6.45, 7) is 4.19. The number of Topliss-reactive ketones (excluding diaryl/α,β-unsaturated/α-hetero) is 1. The van der Waals surface area contributed by atoms with Crippen LogP contribution in [0.1, 0.15) is 80.1 Å². The van der Waals surface area contributed by atoms with Crippen molar-refractivity contribution in [3.63, 3.8) is 0 Å². The van der Waals surface area contributed by atoms with E-state index in [1.807, 2.05) is 6.92 Å². The number of aromatic nitrogens is 2. The highest BCUT2D eigenvalue weighted by Crippen LogP contribution is 2.52. The summed E-state index contributed by atoms with van der Waals surface area (Å²) in [5.41, 5.74) is 27.1. The van der Waals surface area contributed by atoms with Crippen LogP contribution < -0.4 is 33.5 Å². The summed E-state index contributed by atoms with van der Waals surface area (Å²) in [5.74, 6) is 6.76. The number of rotatable bonds is 9. The number of carbonyl (C=O) groups is 1. The van der Waals surface area contributed by atoms with Crippen LogP contribution in [-0.4, -0.2) is 76.9 Å². The third-order valence-corrected chi connectivity index (χ3v) is 11.5. The zero-order valence-corrected chi connectivity index (χ0v) is 29.5. The van der Waals surface area contributed by atoms with Crippen LogP contribution in [-0.2, 0) is 21.4 Å². The van der Waals surface area contributed by atoms with Gasteiger partial charge in [0.2, 0.25) is 5.88 Å². The second-order valence-electron chi connectivity index (χ2n) is 13.6. The van der Waals surface area contributed by atoms with Gasteiger partial charge in [-0.25, -0.2) is 15.8 Å². The van der Waals surface area contributed by atoms with E-state index >= 15 is 0 Å². The van der Waals surface area contributed by atoms with Crippen molar-refractivity contribution in [1.29, 1.82) is 5.26 Å². The van der Waals surface area contributed by atoms with E-state index in [0.29, 0.717) is 54.5 Å². The molecule has 10 N–H and O–H groups in total. The van der Waals surface area contributed by atoms with Gasteiger partial charge in [0.05, 0.1) is 40.7 Å². The minimum Gasteiger partial charge on any atom is -0.473 e. The number of likely N-dealkylation sites (tertiary alicyclic amines) is 1. The Hall–Kier alpha value is -4.49. The number of carbonyl (C=O) groups excluding carboxylic acids is 1. The third kappa shape index (κ3) is 6.93. The maximum atomic E-state index is 14.5. The van der Waals surface area contributed by atoms with Gasteiger partial charge in [-0.2, -0.15) is 10.2 Å². The molecule has 2 aliphatic heterocycles. The number of nitriles is 1. The summed E-state index contributed by atoms with van der Waals surface area (Å²) in [6, 6.07) is 4.16. The van der Waals surface area contributed by atoms with Crippen LogP contribution in [0.3, 0.4) is 0 Å². The number of hydrazine groups is 1. The minimum absolute atomic E-state index is 0.0294. The molecule has 50 heavy (non-hydrogen) atoms. The molecule has 14 nitrogen and oxygen atoms in total. The number of nitrogens with zero attached hydrogens (tertiary/aromatic N) is 6. The standard InChI is InChI=1S/C35H47N11O3S/c1-20(26-7-5-14-45(26)2)49-29-16-28(42-13-9-24(37)25(38)18-46(41)21-10-15-48-19-21)43-34(44-29)31(39)22-6-3-11-35(32(22)47)12-4-8-27-30(35)23(17-36)33(40)50-27/h9,13,16,18,20-21,26H,3-8,10-12,14-15,19,37-41H2,1-2H3/b24-9-,25-18-,31-22-,42-13+/t20-,21-,26-,35-/m0/s1. The molecule has 2 aliphatic carbocycles. The van der Waals surface area contributed by atoms with E-state index in [1.54, 1.807) is 18.3 Å². The molecule has 4 atom stereocenters. The van der Waals surface area contributed by atoms with E-state index in [0.717, 1.165) is 55.5 Å². The number of hydrogen-bond acceptors (Lipinski definition) is 15. The Balaban J connectivity index is 1.33. The predicted molar refractivity (Wildman–Crippen MR) is 194 cm³/mol. The number of thiophene rings is 1. The van der Waals surface area contributed by atoms with Gasteiger partial charge in [0.15, 0.2) is 17.4 Å². The number of aliphatic imine (C=N–C) groups is 1. The Bertz CT molecular complexity index is 1790. The van der Waals surface area contributed by atoms with Crippen molar-refractivity contribution in [3.05, 3.63) is 57.1 Å². The fourth-order valence-electron chi connectivity index (χ4n) is 7.76. The molecule has 266 valence electrons. The van der Waals surface area contributed by atoms with Crippen molar-refractivity contribution in [2.24, 2.45) is 28.0 Å². The summed E-state index contributed by atoms with van der Waals surface area (Å²) in [7, 11) is 2.09.